The SMILES string of the molecule is CCCNC1CCCC1CCN1CC2CCCC2C1. The maximum Gasteiger partial charge on any atom is 0.00958 e. The lowest BCUT2D eigenvalue weighted by Crippen LogP contribution is -2.35. The summed E-state index contributed by atoms with van der Waals surface area (Å²) in [4.78, 5) is 2.78. The molecule has 3 rings (SSSR count). The third-order valence-electron chi connectivity index (χ3n) is 5.93. The molecule has 1 saturated heterocycles. The number of hydrogen-bond acceptors (Lipinski definition) is 2. The molecule has 19 heavy (non-hydrogen) atoms. The smallest absolute Gasteiger partial charge is 0.00958 e. The van der Waals surface area contributed by atoms with Gasteiger partial charge in [-0.2, -0.15) is 0 Å². The summed E-state index contributed by atoms with van der Waals surface area (Å²) in [6.07, 6.45) is 11.6. The van der Waals surface area contributed by atoms with Crippen molar-refractivity contribution in [3.63, 3.8) is 0 Å². The van der Waals surface area contributed by atoms with Crippen molar-refractivity contribution >= 4 is 0 Å². The molecule has 0 aromatic heterocycles. The number of nitrogens with zero attached hydrogens (tertiary/aromatic N) is 1. The Morgan fingerprint density at radius 2 is 1.74 bits per heavy atom. The zero-order valence-electron chi connectivity index (χ0n) is 12.7. The van der Waals surface area contributed by atoms with Gasteiger partial charge in [-0.3, -0.25) is 0 Å². The molecular formula is C17H32N2. The van der Waals surface area contributed by atoms with Crippen molar-refractivity contribution in [2.45, 2.75) is 64.3 Å². The van der Waals surface area contributed by atoms with Crippen molar-refractivity contribution in [1.82, 2.24) is 10.2 Å². The van der Waals surface area contributed by atoms with Crippen LogP contribution in [0.4, 0.5) is 0 Å². The van der Waals surface area contributed by atoms with Crippen LogP contribution in [0.25, 0.3) is 0 Å². The van der Waals surface area contributed by atoms with Gasteiger partial charge in [0.05, 0.1) is 0 Å². The van der Waals surface area contributed by atoms with Crippen LogP contribution in [0.15, 0.2) is 0 Å². The highest BCUT2D eigenvalue weighted by atomic mass is 15.2. The van der Waals surface area contributed by atoms with Gasteiger partial charge in [0.2, 0.25) is 0 Å². The Hall–Kier alpha value is -0.0800. The fraction of sp³-hybridized carbons (Fsp3) is 1.00. The van der Waals surface area contributed by atoms with E-state index in [4.69, 9.17) is 0 Å². The number of fused-ring (bicyclic) bond motifs is 1. The molecule has 0 aromatic rings. The van der Waals surface area contributed by atoms with Gasteiger partial charge in [0.1, 0.15) is 0 Å². The van der Waals surface area contributed by atoms with E-state index >= 15 is 0 Å². The van der Waals surface area contributed by atoms with E-state index in [9.17, 15) is 0 Å². The summed E-state index contributed by atoms with van der Waals surface area (Å²) in [7, 11) is 0. The second-order valence-electron chi connectivity index (χ2n) is 7.25. The minimum absolute atomic E-state index is 0.835. The number of hydrogen-bond donors (Lipinski definition) is 1. The molecule has 2 nitrogen and oxygen atoms in total. The maximum atomic E-state index is 3.78. The summed E-state index contributed by atoms with van der Waals surface area (Å²) in [6, 6.07) is 0.835. The van der Waals surface area contributed by atoms with Gasteiger partial charge < -0.3 is 10.2 Å². The van der Waals surface area contributed by atoms with Gasteiger partial charge in [-0.1, -0.05) is 19.8 Å². The average Bonchev–Trinajstić information content (AvgIpc) is 3.09. The fourth-order valence-corrected chi connectivity index (χ4v) is 4.84. The summed E-state index contributed by atoms with van der Waals surface area (Å²) < 4.78 is 0. The lowest BCUT2D eigenvalue weighted by atomic mass is 9.99. The molecule has 2 heteroatoms. The molecule has 0 spiro atoms. The minimum atomic E-state index is 0.835. The zero-order chi connectivity index (χ0) is 13.1. The van der Waals surface area contributed by atoms with E-state index in [0.29, 0.717) is 0 Å². The number of rotatable bonds is 6. The van der Waals surface area contributed by atoms with E-state index in [1.165, 1.54) is 77.5 Å². The molecule has 1 N–H and O–H groups in total. The fourth-order valence-electron chi connectivity index (χ4n) is 4.84. The summed E-state index contributed by atoms with van der Waals surface area (Å²) in [5.41, 5.74) is 0. The first-order valence-corrected chi connectivity index (χ1v) is 8.82. The molecule has 1 heterocycles. The van der Waals surface area contributed by atoms with Crippen LogP contribution in [0.1, 0.15) is 58.3 Å². The Morgan fingerprint density at radius 3 is 2.47 bits per heavy atom. The second kappa shape index (κ2) is 6.58. The minimum Gasteiger partial charge on any atom is -0.314 e. The van der Waals surface area contributed by atoms with Gasteiger partial charge in [0.25, 0.3) is 0 Å². The molecule has 4 unspecified atom stereocenters. The maximum absolute atomic E-state index is 3.78. The highest BCUT2D eigenvalue weighted by molar-refractivity contribution is 4.90. The predicted molar refractivity (Wildman–Crippen MR) is 81.3 cm³/mol. The Kier molecular flexibility index (Phi) is 4.81. The van der Waals surface area contributed by atoms with Crippen molar-refractivity contribution in [3.05, 3.63) is 0 Å². The standard InChI is InChI=1S/C17H32N2/c1-2-10-18-17-8-4-5-14(17)9-11-19-12-15-6-3-7-16(15)13-19/h14-18H,2-13H2,1H3. The van der Waals surface area contributed by atoms with Crippen LogP contribution in [0.3, 0.4) is 0 Å². The first-order chi connectivity index (χ1) is 9.36. The topological polar surface area (TPSA) is 15.3 Å². The third kappa shape index (κ3) is 3.33. The molecule has 4 atom stereocenters. The molecule has 0 radical (unpaired) electrons. The predicted octanol–water partition coefficient (Wildman–Crippen LogP) is 3.28. The van der Waals surface area contributed by atoms with Crippen LogP contribution in [-0.4, -0.2) is 37.1 Å². The molecule has 110 valence electrons. The molecule has 3 aliphatic rings. The highest BCUT2D eigenvalue weighted by Crippen LogP contribution is 2.38. The third-order valence-corrected chi connectivity index (χ3v) is 5.93. The van der Waals surface area contributed by atoms with E-state index in [1.54, 1.807) is 0 Å². The van der Waals surface area contributed by atoms with Crippen molar-refractivity contribution in [2.24, 2.45) is 17.8 Å². The van der Waals surface area contributed by atoms with E-state index in [0.717, 1.165) is 23.8 Å². The summed E-state index contributed by atoms with van der Waals surface area (Å²) in [5, 5.41) is 3.78. The Labute approximate surface area is 119 Å². The van der Waals surface area contributed by atoms with Crippen LogP contribution in [0.5, 0.6) is 0 Å². The lowest BCUT2D eigenvalue weighted by Gasteiger charge is -2.24. The van der Waals surface area contributed by atoms with Gasteiger partial charge in [-0.05, 0) is 69.4 Å². The van der Waals surface area contributed by atoms with E-state index in [2.05, 4.69) is 17.1 Å². The molecule has 1 aliphatic heterocycles. The molecule has 0 aromatic carbocycles. The number of nitrogens with one attached hydrogen (secondary N) is 1. The van der Waals surface area contributed by atoms with Gasteiger partial charge in [-0.15, -0.1) is 0 Å². The Bertz CT molecular complexity index is 266. The van der Waals surface area contributed by atoms with E-state index in [1.807, 2.05) is 0 Å². The van der Waals surface area contributed by atoms with Crippen LogP contribution in [0, 0.1) is 17.8 Å². The normalized spacial score (nSPS) is 39.0. The van der Waals surface area contributed by atoms with E-state index in [-0.39, 0.29) is 0 Å². The van der Waals surface area contributed by atoms with Crippen molar-refractivity contribution in [1.29, 1.82) is 0 Å². The monoisotopic (exact) mass is 264 g/mol. The zero-order valence-corrected chi connectivity index (χ0v) is 12.7. The van der Waals surface area contributed by atoms with Crippen LogP contribution in [0.2, 0.25) is 0 Å². The summed E-state index contributed by atoms with van der Waals surface area (Å²) in [5.74, 6) is 3.10. The lowest BCUT2D eigenvalue weighted by molar-refractivity contribution is 0.266. The second-order valence-corrected chi connectivity index (χ2v) is 7.25. The molecule has 0 amide bonds. The first-order valence-electron chi connectivity index (χ1n) is 8.82. The van der Waals surface area contributed by atoms with Gasteiger partial charge in [-0.25, -0.2) is 0 Å². The molecule has 2 saturated carbocycles. The van der Waals surface area contributed by atoms with Gasteiger partial charge in [0.15, 0.2) is 0 Å². The van der Waals surface area contributed by atoms with Crippen LogP contribution < -0.4 is 5.32 Å². The molecule has 3 fully saturated rings. The first kappa shape index (κ1) is 13.9. The van der Waals surface area contributed by atoms with Crippen molar-refractivity contribution in [2.75, 3.05) is 26.2 Å². The number of likely N-dealkylation sites (tertiary alicyclic amines) is 1. The van der Waals surface area contributed by atoms with Gasteiger partial charge >= 0.3 is 0 Å². The summed E-state index contributed by atoms with van der Waals surface area (Å²) >= 11 is 0. The Balaban J connectivity index is 1.39. The van der Waals surface area contributed by atoms with Gasteiger partial charge in [0, 0.05) is 19.1 Å². The quantitative estimate of drug-likeness (QED) is 0.792. The molecule has 2 aliphatic carbocycles. The van der Waals surface area contributed by atoms with Crippen LogP contribution in [-0.2, 0) is 0 Å². The highest BCUT2D eigenvalue weighted by Gasteiger charge is 2.36. The van der Waals surface area contributed by atoms with Crippen molar-refractivity contribution in [3.8, 4) is 0 Å². The largest absolute Gasteiger partial charge is 0.314 e. The Morgan fingerprint density at radius 1 is 1.00 bits per heavy atom. The molecular weight excluding hydrogens is 232 g/mol. The van der Waals surface area contributed by atoms with E-state index < -0.39 is 0 Å². The van der Waals surface area contributed by atoms with Crippen molar-refractivity contribution < 1.29 is 0 Å². The van der Waals surface area contributed by atoms with Crippen LogP contribution >= 0.6 is 0 Å². The molecule has 0 bridgehead atoms. The summed E-state index contributed by atoms with van der Waals surface area (Å²) in [6.45, 7) is 7.71. The average molecular weight is 264 g/mol.